The van der Waals surface area contributed by atoms with E-state index in [0.717, 1.165) is 29.9 Å². The number of aliphatic hydroxyl groups is 1. The Morgan fingerprint density at radius 3 is 2.50 bits per heavy atom. The van der Waals surface area contributed by atoms with E-state index in [9.17, 15) is 0 Å². The molecule has 1 aromatic heterocycles. The van der Waals surface area contributed by atoms with Crippen molar-refractivity contribution in [2.45, 2.75) is 33.8 Å². The fourth-order valence-electron chi connectivity index (χ4n) is 1.90. The minimum atomic E-state index is -0.105. The molecule has 0 radical (unpaired) electrons. The van der Waals surface area contributed by atoms with Gasteiger partial charge in [0, 0.05) is 11.1 Å². The predicted molar refractivity (Wildman–Crippen MR) is 77.5 cm³/mol. The van der Waals surface area contributed by atoms with Crippen LogP contribution in [0.5, 0.6) is 5.75 Å². The lowest BCUT2D eigenvalue weighted by atomic mass is 10.1. The van der Waals surface area contributed by atoms with Gasteiger partial charge in [0.2, 0.25) is 0 Å². The first-order valence-electron chi connectivity index (χ1n) is 6.91. The van der Waals surface area contributed by atoms with Crippen LogP contribution in [0.3, 0.4) is 0 Å². The molecule has 2 aromatic rings. The van der Waals surface area contributed by atoms with Crippen molar-refractivity contribution in [3.05, 3.63) is 35.5 Å². The first-order valence-corrected chi connectivity index (χ1v) is 6.91. The molecule has 0 saturated carbocycles. The zero-order valence-corrected chi connectivity index (χ0v) is 12.2. The smallest absolute Gasteiger partial charge is 0.170 e. The van der Waals surface area contributed by atoms with Crippen LogP contribution in [0.15, 0.2) is 28.8 Å². The number of aliphatic hydroxyl groups excluding tert-OH is 1. The molecule has 20 heavy (non-hydrogen) atoms. The molecule has 1 heterocycles. The first kappa shape index (κ1) is 14.6. The molecule has 0 bridgehead atoms. The summed E-state index contributed by atoms with van der Waals surface area (Å²) in [5.41, 5.74) is 2.39. The van der Waals surface area contributed by atoms with Gasteiger partial charge in [-0.1, -0.05) is 19.0 Å². The van der Waals surface area contributed by atoms with E-state index in [4.69, 9.17) is 14.4 Å². The van der Waals surface area contributed by atoms with Gasteiger partial charge >= 0.3 is 0 Å². The maximum absolute atomic E-state index is 9.12. The lowest BCUT2D eigenvalue weighted by Crippen LogP contribution is -2.01. The number of ether oxygens (including phenoxy) is 1. The van der Waals surface area contributed by atoms with Gasteiger partial charge in [-0.25, -0.2) is 0 Å². The third-order valence-corrected chi connectivity index (χ3v) is 3.25. The molecule has 0 unspecified atom stereocenters. The van der Waals surface area contributed by atoms with Gasteiger partial charge in [-0.05, 0) is 43.5 Å². The Kier molecular flexibility index (Phi) is 4.79. The normalized spacial score (nSPS) is 11.1. The van der Waals surface area contributed by atoms with Crippen molar-refractivity contribution in [2.75, 3.05) is 6.61 Å². The molecule has 1 aromatic carbocycles. The molecule has 0 atom stereocenters. The number of benzene rings is 1. The summed E-state index contributed by atoms with van der Waals surface area (Å²) in [6.45, 7) is 6.87. The van der Waals surface area contributed by atoms with Gasteiger partial charge in [0.05, 0.1) is 13.2 Å². The average molecular weight is 275 g/mol. The summed E-state index contributed by atoms with van der Waals surface area (Å²) in [7, 11) is 0. The molecule has 0 fully saturated rings. The van der Waals surface area contributed by atoms with Crippen LogP contribution in [0, 0.1) is 12.8 Å². The highest BCUT2D eigenvalue weighted by Gasteiger charge is 2.12. The summed E-state index contributed by atoms with van der Waals surface area (Å²) in [5, 5.41) is 13.0. The summed E-state index contributed by atoms with van der Waals surface area (Å²) in [5.74, 6) is 2.19. The van der Waals surface area contributed by atoms with E-state index in [0.29, 0.717) is 17.4 Å². The fraction of sp³-hybridized carbons (Fsp3) is 0.438. The molecule has 4 nitrogen and oxygen atoms in total. The predicted octanol–water partition coefficient (Wildman–Crippen LogP) is 3.57. The summed E-state index contributed by atoms with van der Waals surface area (Å²) in [6.07, 6.45) is 1.04. The Morgan fingerprint density at radius 2 is 1.95 bits per heavy atom. The van der Waals surface area contributed by atoms with Gasteiger partial charge in [-0.15, -0.1) is 0 Å². The highest BCUT2D eigenvalue weighted by atomic mass is 16.5. The van der Waals surface area contributed by atoms with Crippen LogP contribution in [0.4, 0.5) is 0 Å². The average Bonchev–Trinajstić information content (AvgIpc) is 2.80. The Bertz CT molecular complexity index is 543. The van der Waals surface area contributed by atoms with Gasteiger partial charge in [0.25, 0.3) is 0 Å². The highest BCUT2D eigenvalue weighted by molar-refractivity contribution is 5.62. The number of aromatic nitrogens is 1. The maximum atomic E-state index is 9.12. The second-order valence-electron chi connectivity index (χ2n) is 5.30. The van der Waals surface area contributed by atoms with E-state index in [1.165, 1.54) is 0 Å². The van der Waals surface area contributed by atoms with Crippen molar-refractivity contribution in [1.82, 2.24) is 5.16 Å². The van der Waals surface area contributed by atoms with E-state index in [1.54, 1.807) is 0 Å². The molecule has 1 N–H and O–H groups in total. The van der Waals surface area contributed by atoms with Crippen molar-refractivity contribution in [1.29, 1.82) is 0 Å². The van der Waals surface area contributed by atoms with Gasteiger partial charge in [-0.3, -0.25) is 0 Å². The molecule has 0 aliphatic rings. The van der Waals surface area contributed by atoms with E-state index in [-0.39, 0.29) is 6.61 Å². The Balaban J connectivity index is 2.05. The van der Waals surface area contributed by atoms with E-state index < -0.39 is 0 Å². The Morgan fingerprint density at radius 1 is 1.25 bits per heavy atom. The number of hydrogen-bond acceptors (Lipinski definition) is 4. The second-order valence-corrected chi connectivity index (χ2v) is 5.30. The largest absolute Gasteiger partial charge is 0.494 e. The first-order chi connectivity index (χ1) is 9.61. The molecule has 108 valence electrons. The fourth-order valence-corrected chi connectivity index (χ4v) is 1.90. The van der Waals surface area contributed by atoms with Crippen LogP contribution < -0.4 is 4.74 Å². The number of hydrogen-bond donors (Lipinski definition) is 1. The number of nitrogens with zero attached hydrogens (tertiary/aromatic N) is 1. The summed E-state index contributed by atoms with van der Waals surface area (Å²) in [4.78, 5) is 0. The van der Waals surface area contributed by atoms with Crippen molar-refractivity contribution in [2.24, 2.45) is 5.92 Å². The summed E-state index contributed by atoms with van der Waals surface area (Å²) < 4.78 is 11.0. The third kappa shape index (κ3) is 3.39. The van der Waals surface area contributed by atoms with Crippen molar-refractivity contribution < 1.29 is 14.4 Å². The lowest BCUT2D eigenvalue weighted by Gasteiger charge is -2.08. The molecule has 0 saturated heterocycles. The quantitative estimate of drug-likeness (QED) is 0.875. The second kappa shape index (κ2) is 6.57. The summed E-state index contributed by atoms with van der Waals surface area (Å²) in [6, 6.07) is 7.74. The van der Waals surface area contributed by atoms with Crippen LogP contribution in [0.2, 0.25) is 0 Å². The van der Waals surface area contributed by atoms with E-state index >= 15 is 0 Å². The van der Waals surface area contributed by atoms with Gasteiger partial charge in [0.15, 0.2) is 5.76 Å². The van der Waals surface area contributed by atoms with E-state index in [1.807, 2.05) is 31.2 Å². The molecule has 0 spiro atoms. The molecular weight excluding hydrogens is 254 g/mol. The van der Waals surface area contributed by atoms with Gasteiger partial charge in [-0.2, -0.15) is 0 Å². The summed E-state index contributed by atoms with van der Waals surface area (Å²) >= 11 is 0. The highest BCUT2D eigenvalue weighted by Crippen LogP contribution is 2.27. The minimum absolute atomic E-state index is 0.105. The van der Waals surface area contributed by atoms with E-state index in [2.05, 4.69) is 19.0 Å². The van der Waals surface area contributed by atoms with Crippen molar-refractivity contribution in [3.8, 4) is 17.1 Å². The minimum Gasteiger partial charge on any atom is -0.494 e. The Labute approximate surface area is 119 Å². The third-order valence-electron chi connectivity index (χ3n) is 3.25. The monoisotopic (exact) mass is 275 g/mol. The maximum Gasteiger partial charge on any atom is 0.170 e. The Hall–Kier alpha value is -1.81. The standard InChI is InChI=1S/C16H21NO3/c1-11(2)8-9-19-14-6-4-13(5-7-14)16-12(3)15(10-18)17-20-16/h4-7,11,18H,8-10H2,1-3H3. The van der Waals surface area contributed by atoms with Crippen LogP contribution in [0.1, 0.15) is 31.5 Å². The van der Waals surface area contributed by atoms with Crippen molar-refractivity contribution in [3.63, 3.8) is 0 Å². The van der Waals surface area contributed by atoms with Crippen molar-refractivity contribution >= 4 is 0 Å². The van der Waals surface area contributed by atoms with Gasteiger partial charge in [0.1, 0.15) is 11.4 Å². The lowest BCUT2D eigenvalue weighted by molar-refractivity contribution is 0.266. The molecule has 0 amide bonds. The van der Waals surface area contributed by atoms with Crippen LogP contribution in [-0.2, 0) is 6.61 Å². The van der Waals surface area contributed by atoms with Crippen LogP contribution in [-0.4, -0.2) is 16.9 Å². The molecule has 2 rings (SSSR count). The topological polar surface area (TPSA) is 55.5 Å². The molecule has 0 aliphatic carbocycles. The molecule has 4 heteroatoms. The van der Waals surface area contributed by atoms with Crippen LogP contribution >= 0.6 is 0 Å². The number of rotatable bonds is 6. The van der Waals surface area contributed by atoms with Crippen LogP contribution in [0.25, 0.3) is 11.3 Å². The van der Waals surface area contributed by atoms with Gasteiger partial charge < -0.3 is 14.4 Å². The molecular formula is C16H21NO3. The molecule has 0 aliphatic heterocycles. The zero-order chi connectivity index (χ0) is 14.5. The SMILES string of the molecule is Cc1c(CO)noc1-c1ccc(OCCC(C)C)cc1. The zero-order valence-electron chi connectivity index (χ0n) is 12.2.